The minimum atomic E-state index is -0.921. The molecule has 5 nitrogen and oxygen atoms in total. The van der Waals surface area contributed by atoms with Crippen molar-refractivity contribution in [3.8, 4) is 0 Å². The van der Waals surface area contributed by atoms with Crippen molar-refractivity contribution in [1.82, 2.24) is 0 Å². The number of nitrogens with one attached hydrogen (secondary N) is 1. The molecule has 0 aliphatic heterocycles. The summed E-state index contributed by atoms with van der Waals surface area (Å²) in [5.74, 6) is -0.166. The highest BCUT2D eigenvalue weighted by molar-refractivity contribution is 5.99. The highest BCUT2D eigenvalue weighted by atomic mass is 35.5. The maximum absolute atomic E-state index is 12.7. The van der Waals surface area contributed by atoms with Gasteiger partial charge in [0, 0.05) is 31.2 Å². The van der Waals surface area contributed by atoms with Crippen LogP contribution < -0.4 is 11.1 Å². The molecule has 0 heterocycles. The third-order valence-corrected chi connectivity index (χ3v) is 5.20. The van der Waals surface area contributed by atoms with E-state index in [0.717, 1.165) is 11.3 Å². The van der Waals surface area contributed by atoms with Crippen LogP contribution >= 0.6 is 12.4 Å². The first-order chi connectivity index (χ1) is 10.8. The number of carbonyl (C=O) groups is 1. The molecule has 24 heavy (non-hydrogen) atoms. The lowest BCUT2D eigenvalue weighted by Gasteiger charge is -2.57. The zero-order valence-electron chi connectivity index (χ0n) is 15.1. The van der Waals surface area contributed by atoms with Crippen molar-refractivity contribution in [2.24, 2.45) is 11.1 Å². The van der Waals surface area contributed by atoms with E-state index in [9.17, 15) is 4.79 Å². The highest BCUT2D eigenvalue weighted by Gasteiger charge is 2.62. The van der Waals surface area contributed by atoms with Gasteiger partial charge >= 0.3 is 0 Å². The summed E-state index contributed by atoms with van der Waals surface area (Å²) in [6.45, 7) is 8.52. The Bertz CT molecular complexity index is 579. The van der Waals surface area contributed by atoms with Crippen molar-refractivity contribution in [3.63, 3.8) is 0 Å². The molecule has 0 radical (unpaired) electrons. The highest BCUT2D eigenvalue weighted by Crippen LogP contribution is 2.50. The smallest absolute Gasteiger partial charge is 0.245 e. The van der Waals surface area contributed by atoms with Crippen molar-refractivity contribution < 1.29 is 14.3 Å². The Labute approximate surface area is 150 Å². The lowest BCUT2D eigenvalue weighted by atomic mass is 9.54. The van der Waals surface area contributed by atoms with Crippen LogP contribution in [0.5, 0.6) is 0 Å². The minimum Gasteiger partial charge on any atom is -0.378 e. The summed E-state index contributed by atoms with van der Waals surface area (Å²) in [6.07, 6.45) is 0.526. The molecule has 1 aromatic carbocycles. The van der Waals surface area contributed by atoms with E-state index in [1.165, 1.54) is 0 Å². The maximum Gasteiger partial charge on any atom is 0.245 e. The fourth-order valence-corrected chi connectivity index (χ4v) is 3.07. The number of nitrogens with two attached hydrogens (primary N) is 1. The predicted molar refractivity (Wildman–Crippen MR) is 98.5 cm³/mol. The SMILES string of the molecule is CCOC1CC(N)(C(=O)Nc2cccc(C(C)OC)c2)C1(C)C.Cl. The molecule has 3 atom stereocenters. The Morgan fingerprint density at radius 3 is 2.67 bits per heavy atom. The van der Waals surface area contributed by atoms with Gasteiger partial charge in [-0.1, -0.05) is 26.0 Å². The van der Waals surface area contributed by atoms with E-state index >= 15 is 0 Å². The van der Waals surface area contributed by atoms with Gasteiger partial charge in [0.05, 0.1) is 12.2 Å². The van der Waals surface area contributed by atoms with Gasteiger partial charge in [-0.15, -0.1) is 12.4 Å². The first-order valence-corrected chi connectivity index (χ1v) is 8.11. The number of benzene rings is 1. The minimum absolute atomic E-state index is 0. The molecule has 136 valence electrons. The average molecular weight is 357 g/mol. The van der Waals surface area contributed by atoms with E-state index in [4.69, 9.17) is 15.2 Å². The molecule has 1 saturated carbocycles. The Hall–Kier alpha value is -1.14. The molecule has 0 saturated heterocycles. The molecule has 6 heteroatoms. The second-order valence-electron chi connectivity index (χ2n) is 6.80. The third-order valence-electron chi connectivity index (χ3n) is 5.20. The van der Waals surface area contributed by atoms with Gasteiger partial charge in [-0.3, -0.25) is 4.79 Å². The number of rotatable bonds is 6. The van der Waals surface area contributed by atoms with E-state index in [0.29, 0.717) is 13.0 Å². The Balaban J connectivity index is 0.00000288. The molecule has 1 aliphatic rings. The number of hydrogen-bond donors (Lipinski definition) is 2. The van der Waals surface area contributed by atoms with Crippen molar-refractivity contribution in [2.75, 3.05) is 19.0 Å². The number of halogens is 1. The van der Waals surface area contributed by atoms with Gasteiger partial charge in [-0.2, -0.15) is 0 Å². The number of hydrogen-bond acceptors (Lipinski definition) is 4. The molecule has 3 N–H and O–H groups in total. The summed E-state index contributed by atoms with van der Waals surface area (Å²) < 4.78 is 11.0. The summed E-state index contributed by atoms with van der Waals surface area (Å²) in [5.41, 5.74) is 6.82. The van der Waals surface area contributed by atoms with Gasteiger partial charge in [0.2, 0.25) is 5.91 Å². The standard InChI is InChI=1S/C18H28N2O3.ClH/c1-6-23-15-11-18(19,17(15,3)4)16(21)20-14-9-7-8-13(10-14)12(2)22-5;/h7-10,12,15H,6,11,19H2,1-5H3,(H,20,21);1H. The van der Waals surface area contributed by atoms with Crippen LogP contribution in [0.2, 0.25) is 0 Å². The van der Waals surface area contributed by atoms with Crippen LogP contribution in [0.3, 0.4) is 0 Å². The topological polar surface area (TPSA) is 73.6 Å². The first-order valence-electron chi connectivity index (χ1n) is 8.11. The fourth-order valence-electron chi connectivity index (χ4n) is 3.07. The van der Waals surface area contributed by atoms with E-state index in [1.54, 1.807) is 7.11 Å². The summed E-state index contributed by atoms with van der Waals surface area (Å²) in [6, 6.07) is 7.65. The van der Waals surface area contributed by atoms with Crippen LogP contribution in [0.25, 0.3) is 0 Å². The maximum atomic E-state index is 12.7. The zero-order valence-corrected chi connectivity index (χ0v) is 15.9. The summed E-state index contributed by atoms with van der Waals surface area (Å²) in [7, 11) is 1.66. The third kappa shape index (κ3) is 3.59. The lowest BCUT2D eigenvalue weighted by molar-refractivity contribution is -0.166. The Kier molecular flexibility index (Phi) is 6.82. The first kappa shape index (κ1) is 20.9. The molecule has 0 aromatic heterocycles. The largest absolute Gasteiger partial charge is 0.378 e. The molecule has 0 spiro atoms. The quantitative estimate of drug-likeness (QED) is 0.820. The van der Waals surface area contributed by atoms with E-state index < -0.39 is 11.0 Å². The van der Waals surface area contributed by atoms with Crippen LogP contribution in [0.15, 0.2) is 24.3 Å². The molecular weight excluding hydrogens is 328 g/mol. The Morgan fingerprint density at radius 2 is 2.12 bits per heavy atom. The molecule has 1 amide bonds. The molecule has 3 unspecified atom stereocenters. The summed E-state index contributed by atoms with van der Waals surface area (Å²) >= 11 is 0. The van der Waals surface area contributed by atoms with Crippen LogP contribution in [-0.4, -0.2) is 31.3 Å². The van der Waals surface area contributed by atoms with Gasteiger partial charge in [0.1, 0.15) is 5.54 Å². The second kappa shape index (κ2) is 7.83. The van der Waals surface area contributed by atoms with Crippen LogP contribution in [0.4, 0.5) is 5.69 Å². The van der Waals surface area contributed by atoms with E-state index in [2.05, 4.69) is 5.32 Å². The summed E-state index contributed by atoms with van der Waals surface area (Å²) in [4.78, 5) is 12.7. The number of carbonyl (C=O) groups excluding carboxylic acids is 1. The fraction of sp³-hybridized carbons (Fsp3) is 0.611. The normalized spacial score (nSPS) is 26.0. The molecule has 2 rings (SSSR count). The van der Waals surface area contributed by atoms with Crippen LogP contribution in [0, 0.1) is 5.41 Å². The predicted octanol–water partition coefficient (Wildman–Crippen LogP) is 3.29. The van der Waals surface area contributed by atoms with Crippen molar-refractivity contribution in [3.05, 3.63) is 29.8 Å². The Morgan fingerprint density at radius 1 is 1.46 bits per heavy atom. The lowest BCUT2D eigenvalue weighted by Crippen LogP contribution is -2.74. The van der Waals surface area contributed by atoms with Crippen molar-refractivity contribution >= 4 is 24.0 Å². The molecule has 1 aromatic rings. The molecule has 1 fully saturated rings. The monoisotopic (exact) mass is 356 g/mol. The van der Waals surface area contributed by atoms with Gasteiger partial charge in [0.25, 0.3) is 0 Å². The van der Waals surface area contributed by atoms with Gasteiger partial charge in [0.15, 0.2) is 0 Å². The van der Waals surface area contributed by atoms with Gasteiger partial charge < -0.3 is 20.5 Å². The van der Waals surface area contributed by atoms with Crippen molar-refractivity contribution in [1.29, 1.82) is 0 Å². The second-order valence-corrected chi connectivity index (χ2v) is 6.80. The van der Waals surface area contributed by atoms with Gasteiger partial charge in [-0.25, -0.2) is 0 Å². The van der Waals surface area contributed by atoms with Crippen LogP contribution in [0.1, 0.15) is 45.8 Å². The number of anilines is 1. The molecular formula is C18H29ClN2O3. The van der Waals surface area contributed by atoms with Crippen molar-refractivity contribution in [2.45, 2.75) is 51.9 Å². The number of methoxy groups -OCH3 is 1. The van der Waals surface area contributed by atoms with E-state index in [-0.39, 0.29) is 30.5 Å². The molecule has 1 aliphatic carbocycles. The van der Waals surface area contributed by atoms with Gasteiger partial charge in [-0.05, 0) is 31.5 Å². The number of amides is 1. The zero-order chi connectivity index (χ0) is 17.3. The average Bonchev–Trinajstić information content (AvgIpc) is 2.53. The van der Waals surface area contributed by atoms with Crippen LogP contribution in [-0.2, 0) is 14.3 Å². The summed E-state index contributed by atoms with van der Waals surface area (Å²) in [5, 5.41) is 2.95. The number of ether oxygens (including phenoxy) is 2. The van der Waals surface area contributed by atoms with E-state index in [1.807, 2.05) is 52.0 Å². The molecule has 0 bridgehead atoms.